The molecule has 6 heteroatoms. The Morgan fingerprint density at radius 1 is 1.36 bits per heavy atom. The van der Waals surface area contributed by atoms with Crippen LogP contribution in [0.5, 0.6) is 0 Å². The van der Waals surface area contributed by atoms with Gasteiger partial charge < -0.3 is 9.47 Å². The average molecular weight is 316 g/mol. The molecule has 2 atom stereocenters. The van der Waals surface area contributed by atoms with Crippen LogP contribution in [0.1, 0.15) is 40.7 Å². The van der Waals surface area contributed by atoms with Gasteiger partial charge in [0.25, 0.3) is 0 Å². The molecule has 2 aliphatic rings. The van der Waals surface area contributed by atoms with E-state index in [1.165, 1.54) is 9.75 Å². The van der Waals surface area contributed by atoms with Crippen LogP contribution in [0.3, 0.4) is 0 Å². The van der Waals surface area contributed by atoms with Crippen LogP contribution in [0.4, 0.5) is 0 Å². The fourth-order valence-corrected chi connectivity index (χ4v) is 4.39. The number of aromatic nitrogens is 3. The van der Waals surface area contributed by atoms with E-state index in [1.807, 2.05) is 16.2 Å². The minimum Gasteiger partial charge on any atom is -0.333 e. The van der Waals surface area contributed by atoms with E-state index in [4.69, 9.17) is 0 Å². The fourth-order valence-electron chi connectivity index (χ4n) is 3.34. The highest BCUT2D eigenvalue weighted by atomic mass is 32.1. The highest BCUT2D eigenvalue weighted by Gasteiger charge is 2.47. The molecule has 0 radical (unpaired) electrons. The molecule has 22 heavy (non-hydrogen) atoms. The standard InChI is InChI=1S/C16H20N4OS/c1-3-14-17-18-15-9-19(6-7-20(14)15)16(21)12-8-11(12)13-5-4-10(2)22-13/h4-5,11-12H,3,6-9H2,1-2H3. The normalized spacial score (nSPS) is 23.5. The number of aryl methyl sites for hydroxylation is 2. The Morgan fingerprint density at radius 3 is 2.95 bits per heavy atom. The first-order valence-electron chi connectivity index (χ1n) is 7.93. The highest BCUT2D eigenvalue weighted by molar-refractivity contribution is 7.12. The number of nitrogens with zero attached hydrogens (tertiary/aromatic N) is 4. The van der Waals surface area contributed by atoms with Gasteiger partial charge in [-0.1, -0.05) is 6.92 Å². The summed E-state index contributed by atoms with van der Waals surface area (Å²) in [6.07, 6.45) is 1.89. The van der Waals surface area contributed by atoms with Crippen LogP contribution in [0, 0.1) is 12.8 Å². The van der Waals surface area contributed by atoms with Crippen LogP contribution in [0.25, 0.3) is 0 Å². The quantitative estimate of drug-likeness (QED) is 0.873. The third kappa shape index (κ3) is 2.26. The predicted molar refractivity (Wildman–Crippen MR) is 84.7 cm³/mol. The van der Waals surface area contributed by atoms with Crippen molar-refractivity contribution in [2.24, 2.45) is 5.92 Å². The summed E-state index contributed by atoms with van der Waals surface area (Å²) in [5, 5.41) is 8.45. The lowest BCUT2D eigenvalue weighted by atomic mass is 10.2. The van der Waals surface area contributed by atoms with E-state index < -0.39 is 0 Å². The number of thiophene rings is 1. The van der Waals surface area contributed by atoms with Crippen LogP contribution in [0.15, 0.2) is 12.1 Å². The molecule has 2 aromatic heterocycles. The molecule has 0 bridgehead atoms. The van der Waals surface area contributed by atoms with Crippen molar-refractivity contribution in [3.63, 3.8) is 0 Å². The zero-order valence-electron chi connectivity index (χ0n) is 13.0. The molecule has 2 aromatic rings. The zero-order chi connectivity index (χ0) is 15.3. The van der Waals surface area contributed by atoms with Crippen molar-refractivity contribution in [2.45, 2.75) is 45.7 Å². The molecule has 1 saturated carbocycles. The molecular weight excluding hydrogens is 296 g/mol. The number of hydrogen-bond acceptors (Lipinski definition) is 4. The Bertz CT molecular complexity index is 720. The van der Waals surface area contributed by atoms with Gasteiger partial charge in [-0.3, -0.25) is 4.79 Å². The molecule has 0 aromatic carbocycles. The van der Waals surface area contributed by atoms with Crippen molar-refractivity contribution in [3.05, 3.63) is 33.5 Å². The maximum Gasteiger partial charge on any atom is 0.226 e. The average Bonchev–Trinajstić information content (AvgIpc) is 3.03. The van der Waals surface area contributed by atoms with Crippen molar-refractivity contribution in [1.82, 2.24) is 19.7 Å². The van der Waals surface area contributed by atoms with Gasteiger partial charge in [-0.25, -0.2) is 0 Å². The largest absolute Gasteiger partial charge is 0.333 e. The summed E-state index contributed by atoms with van der Waals surface area (Å²) in [7, 11) is 0. The lowest BCUT2D eigenvalue weighted by Crippen LogP contribution is -2.39. The van der Waals surface area contributed by atoms with Gasteiger partial charge in [-0.2, -0.15) is 0 Å². The molecule has 0 spiro atoms. The number of amides is 1. The monoisotopic (exact) mass is 316 g/mol. The van der Waals surface area contributed by atoms with E-state index in [1.54, 1.807) is 0 Å². The molecule has 116 valence electrons. The Balaban J connectivity index is 1.44. The van der Waals surface area contributed by atoms with E-state index in [0.29, 0.717) is 18.4 Å². The number of carbonyl (C=O) groups excluding carboxylic acids is 1. The third-order valence-corrected chi connectivity index (χ3v) is 5.82. The van der Waals surface area contributed by atoms with Gasteiger partial charge in [-0.15, -0.1) is 21.5 Å². The van der Waals surface area contributed by atoms with Crippen LogP contribution >= 0.6 is 11.3 Å². The Labute approximate surface area is 134 Å². The first kappa shape index (κ1) is 13.9. The van der Waals surface area contributed by atoms with Gasteiger partial charge in [0.2, 0.25) is 5.91 Å². The lowest BCUT2D eigenvalue weighted by molar-refractivity contribution is -0.134. The van der Waals surface area contributed by atoms with Gasteiger partial charge in [0.15, 0.2) is 5.82 Å². The topological polar surface area (TPSA) is 51.0 Å². The predicted octanol–water partition coefficient (Wildman–Crippen LogP) is 2.36. The molecule has 0 N–H and O–H groups in total. The summed E-state index contributed by atoms with van der Waals surface area (Å²) in [6, 6.07) is 4.33. The Morgan fingerprint density at radius 2 is 2.23 bits per heavy atom. The van der Waals surface area contributed by atoms with Crippen LogP contribution in [-0.4, -0.2) is 32.1 Å². The second kappa shape index (κ2) is 5.19. The van der Waals surface area contributed by atoms with Crippen LogP contribution in [0.2, 0.25) is 0 Å². The second-order valence-electron chi connectivity index (χ2n) is 6.19. The van der Waals surface area contributed by atoms with Crippen molar-refractivity contribution >= 4 is 17.2 Å². The van der Waals surface area contributed by atoms with E-state index in [9.17, 15) is 4.79 Å². The molecule has 0 saturated heterocycles. The van der Waals surface area contributed by atoms with Crippen molar-refractivity contribution in [2.75, 3.05) is 6.54 Å². The minimum atomic E-state index is 0.179. The van der Waals surface area contributed by atoms with Crippen LogP contribution < -0.4 is 0 Å². The van der Waals surface area contributed by atoms with Gasteiger partial charge in [0.1, 0.15) is 5.82 Å². The van der Waals surface area contributed by atoms with Crippen molar-refractivity contribution in [1.29, 1.82) is 0 Å². The molecule has 1 aliphatic carbocycles. The van der Waals surface area contributed by atoms with E-state index in [2.05, 4.69) is 40.7 Å². The first-order chi connectivity index (χ1) is 10.7. The Hall–Kier alpha value is -1.69. The van der Waals surface area contributed by atoms with Crippen molar-refractivity contribution < 1.29 is 4.79 Å². The molecule has 2 unspecified atom stereocenters. The summed E-state index contributed by atoms with van der Waals surface area (Å²) in [5.41, 5.74) is 0. The number of rotatable bonds is 3. The molecule has 3 heterocycles. The molecule has 1 amide bonds. The summed E-state index contributed by atoms with van der Waals surface area (Å²) in [6.45, 7) is 6.43. The summed E-state index contributed by atoms with van der Waals surface area (Å²) < 4.78 is 2.16. The fraction of sp³-hybridized carbons (Fsp3) is 0.562. The summed E-state index contributed by atoms with van der Waals surface area (Å²) >= 11 is 1.82. The number of hydrogen-bond donors (Lipinski definition) is 0. The number of carbonyl (C=O) groups is 1. The second-order valence-corrected chi connectivity index (χ2v) is 7.51. The van der Waals surface area contributed by atoms with Gasteiger partial charge in [0, 0.05) is 41.1 Å². The molecule has 5 nitrogen and oxygen atoms in total. The third-order valence-electron chi connectivity index (χ3n) is 4.69. The van der Waals surface area contributed by atoms with Crippen molar-refractivity contribution in [3.8, 4) is 0 Å². The van der Waals surface area contributed by atoms with E-state index in [0.717, 1.165) is 37.6 Å². The zero-order valence-corrected chi connectivity index (χ0v) is 13.8. The Kier molecular flexibility index (Phi) is 3.29. The molecule has 1 fully saturated rings. The molecule has 1 aliphatic heterocycles. The first-order valence-corrected chi connectivity index (χ1v) is 8.75. The van der Waals surface area contributed by atoms with Gasteiger partial charge >= 0.3 is 0 Å². The van der Waals surface area contributed by atoms with E-state index in [-0.39, 0.29) is 5.92 Å². The summed E-state index contributed by atoms with van der Waals surface area (Å²) in [4.78, 5) is 17.4. The molecule has 4 rings (SSSR count). The van der Waals surface area contributed by atoms with Crippen LogP contribution in [-0.2, 0) is 24.3 Å². The van der Waals surface area contributed by atoms with Gasteiger partial charge in [-0.05, 0) is 25.5 Å². The van der Waals surface area contributed by atoms with Gasteiger partial charge in [0.05, 0.1) is 6.54 Å². The molecular formula is C16H20N4OS. The summed E-state index contributed by atoms with van der Waals surface area (Å²) in [5.74, 6) is 2.87. The lowest BCUT2D eigenvalue weighted by Gasteiger charge is -2.28. The number of fused-ring (bicyclic) bond motifs is 1. The highest BCUT2D eigenvalue weighted by Crippen LogP contribution is 2.50. The maximum atomic E-state index is 12.7. The maximum absolute atomic E-state index is 12.7. The van der Waals surface area contributed by atoms with E-state index >= 15 is 0 Å². The minimum absolute atomic E-state index is 0.179. The SMILES string of the molecule is CCc1nnc2n1CCN(C(=O)C1CC1c1ccc(C)s1)C2. The smallest absolute Gasteiger partial charge is 0.226 e.